The van der Waals surface area contributed by atoms with Gasteiger partial charge in [-0.15, -0.1) is 0 Å². The van der Waals surface area contributed by atoms with Crippen LogP contribution in [0.3, 0.4) is 0 Å². The molecule has 0 bridgehead atoms. The normalized spacial score (nSPS) is 26.9. The summed E-state index contributed by atoms with van der Waals surface area (Å²) in [6.45, 7) is 3.62. The summed E-state index contributed by atoms with van der Waals surface area (Å²) in [5.41, 5.74) is 1.46. The first-order chi connectivity index (χ1) is 7.34. The van der Waals surface area contributed by atoms with E-state index in [-0.39, 0.29) is 0 Å². The number of likely N-dealkylation sites (tertiary alicyclic amines) is 1. The molecule has 1 aromatic rings. The van der Waals surface area contributed by atoms with Crippen LogP contribution in [0.15, 0.2) is 6.20 Å². The first-order valence-corrected chi connectivity index (χ1v) is 6.07. The van der Waals surface area contributed by atoms with Crippen LogP contribution in [0, 0.1) is 0 Å². The van der Waals surface area contributed by atoms with Crippen molar-refractivity contribution < 1.29 is 0 Å². The number of hydrogen-bond acceptors (Lipinski definition) is 2. The van der Waals surface area contributed by atoms with Crippen molar-refractivity contribution in [1.29, 1.82) is 0 Å². The van der Waals surface area contributed by atoms with Crippen LogP contribution in [-0.4, -0.2) is 34.6 Å². The van der Waals surface area contributed by atoms with Gasteiger partial charge in [-0.05, 0) is 39.3 Å². The molecule has 1 unspecified atom stereocenters. The van der Waals surface area contributed by atoms with Crippen LogP contribution >= 0.6 is 0 Å². The Balaban J connectivity index is 1.88. The van der Waals surface area contributed by atoms with E-state index >= 15 is 0 Å². The van der Waals surface area contributed by atoms with Crippen LogP contribution < -0.4 is 0 Å². The third kappa shape index (κ3) is 1.59. The fraction of sp³-hybridized carbons (Fsp3) is 0.750. The largest absolute Gasteiger partial charge is 0.332 e. The Labute approximate surface area is 91.1 Å². The van der Waals surface area contributed by atoms with E-state index in [9.17, 15) is 0 Å². The molecule has 0 saturated carbocycles. The van der Waals surface area contributed by atoms with Crippen LogP contribution in [-0.2, 0) is 13.0 Å². The monoisotopic (exact) mass is 205 g/mol. The molecular weight excluding hydrogens is 186 g/mol. The molecule has 3 nitrogen and oxygen atoms in total. The summed E-state index contributed by atoms with van der Waals surface area (Å²) in [6, 6.07) is 0. The molecule has 0 amide bonds. The highest BCUT2D eigenvalue weighted by atomic mass is 15.2. The first kappa shape index (κ1) is 9.40. The van der Waals surface area contributed by atoms with Gasteiger partial charge in [0.05, 0.1) is 0 Å². The van der Waals surface area contributed by atoms with Crippen molar-refractivity contribution in [1.82, 2.24) is 14.5 Å². The van der Waals surface area contributed by atoms with E-state index in [0.29, 0.717) is 5.92 Å². The Bertz CT molecular complexity index is 356. The van der Waals surface area contributed by atoms with E-state index in [2.05, 4.69) is 27.7 Å². The number of likely N-dealkylation sites (N-methyl/N-ethyl adjacent to an activating group) is 1. The lowest BCUT2D eigenvalue weighted by atomic mass is 10.1. The van der Waals surface area contributed by atoms with E-state index in [0.717, 1.165) is 0 Å². The van der Waals surface area contributed by atoms with Crippen molar-refractivity contribution >= 4 is 0 Å². The van der Waals surface area contributed by atoms with Gasteiger partial charge in [-0.3, -0.25) is 0 Å². The second kappa shape index (κ2) is 3.63. The molecule has 15 heavy (non-hydrogen) atoms. The zero-order valence-corrected chi connectivity index (χ0v) is 9.45. The fourth-order valence-electron chi connectivity index (χ4n) is 2.93. The summed E-state index contributed by atoms with van der Waals surface area (Å²) in [4.78, 5) is 7.06. The zero-order valence-electron chi connectivity index (χ0n) is 9.45. The van der Waals surface area contributed by atoms with Gasteiger partial charge < -0.3 is 9.47 Å². The van der Waals surface area contributed by atoms with Crippen LogP contribution in [0.1, 0.15) is 36.7 Å². The molecular formula is C12H19N3. The summed E-state index contributed by atoms with van der Waals surface area (Å²) in [7, 11) is 2.21. The number of rotatable bonds is 1. The molecule has 82 valence electrons. The summed E-state index contributed by atoms with van der Waals surface area (Å²) < 4.78 is 2.48. The Morgan fingerprint density at radius 3 is 3.07 bits per heavy atom. The van der Waals surface area contributed by atoms with Crippen molar-refractivity contribution in [2.45, 2.75) is 38.1 Å². The first-order valence-electron chi connectivity index (χ1n) is 6.07. The molecule has 3 heteroatoms. The second-order valence-electron chi connectivity index (χ2n) is 4.96. The van der Waals surface area contributed by atoms with Gasteiger partial charge in [0.1, 0.15) is 5.82 Å². The highest BCUT2D eigenvalue weighted by Crippen LogP contribution is 2.28. The molecule has 0 aliphatic carbocycles. The maximum Gasteiger partial charge on any atom is 0.113 e. The molecule has 1 saturated heterocycles. The molecule has 3 rings (SSSR count). The minimum atomic E-state index is 0.682. The lowest BCUT2D eigenvalue weighted by molar-refractivity contribution is 0.405. The van der Waals surface area contributed by atoms with Crippen molar-refractivity contribution in [3.8, 4) is 0 Å². The van der Waals surface area contributed by atoms with E-state index in [1.54, 1.807) is 0 Å². The number of aromatic nitrogens is 2. The van der Waals surface area contributed by atoms with Gasteiger partial charge in [0.25, 0.3) is 0 Å². The Hall–Kier alpha value is -0.830. The highest BCUT2D eigenvalue weighted by molar-refractivity contribution is 5.13. The third-order valence-corrected chi connectivity index (χ3v) is 3.79. The third-order valence-electron chi connectivity index (χ3n) is 3.79. The minimum absolute atomic E-state index is 0.682. The Morgan fingerprint density at radius 2 is 2.27 bits per heavy atom. The summed E-state index contributed by atoms with van der Waals surface area (Å²) >= 11 is 0. The molecule has 3 heterocycles. The zero-order chi connectivity index (χ0) is 10.3. The average molecular weight is 205 g/mol. The maximum absolute atomic E-state index is 4.65. The minimum Gasteiger partial charge on any atom is -0.332 e. The van der Waals surface area contributed by atoms with Crippen LogP contribution in [0.5, 0.6) is 0 Å². The molecule has 1 aromatic heterocycles. The van der Waals surface area contributed by atoms with Crippen LogP contribution in [0.4, 0.5) is 0 Å². The lowest BCUT2D eigenvalue weighted by Gasteiger charge is -2.19. The van der Waals surface area contributed by atoms with E-state index in [1.165, 1.54) is 56.8 Å². The Morgan fingerprint density at radius 1 is 1.33 bits per heavy atom. The van der Waals surface area contributed by atoms with Crippen molar-refractivity contribution in [2.75, 3.05) is 20.1 Å². The molecule has 1 atom stereocenters. The predicted octanol–water partition coefficient (Wildman–Crippen LogP) is 1.64. The number of aryl methyl sites for hydroxylation is 1. The van der Waals surface area contributed by atoms with E-state index < -0.39 is 0 Å². The van der Waals surface area contributed by atoms with E-state index in [4.69, 9.17) is 0 Å². The van der Waals surface area contributed by atoms with E-state index in [1.807, 2.05) is 0 Å². The van der Waals surface area contributed by atoms with Gasteiger partial charge in [0, 0.05) is 30.9 Å². The number of hydrogen-bond donors (Lipinski definition) is 0. The second-order valence-corrected chi connectivity index (χ2v) is 4.96. The number of nitrogens with zero attached hydrogens (tertiary/aromatic N) is 3. The smallest absolute Gasteiger partial charge is 0.113 e. The van der Waals surface area contributed by atoms with Crippen molar-refractivity contribution in [3.05, 3.63) is 17.7 Å². The van der Waals surface area contributed by atoms with Gasteiger partial charge in [-0.25, -0.2) is 4.98 Å². The van der Waals surface area contributed by atoms with Crippen molar-refractivity contribution in [3.63, 3.8) is 0 Å². The highest BCUT2D eigenvalue weighted by Gasteiger charge is 2.26. The molecule has 2 aliphatic heterocycles. The predicted molar refractivity (Wildman–Crippen MR) is 60.0 cm³/mol. The molecule has 2 aliphatic rings. The standard InChI is InChI=1S/C12H19N3/c1-14-7-5-10(9-14)12-13-8-11-4-2-3-6-15(11)12/h8,10H,2-7,9H2,1H3. The maximum atomic E-state index is 4.65. The van der Waals surface area contributed by atoms with Gasteiger partial charge >= 0.3 is 0 Å². The van der Waals surface area contributed by atoms with Gasteiger partial charge in [0.15, 0.2) is 0 Å². The van der Waals surface area contributed by atoms with Gasteiger partial charge in [-0.2, -0.15) is 0 Å². The van der Waals surface area contributed by atoms with Crippen LogP contribution in [0.2, 0.25) is 0 Å². The number of fused-ring (bicyclic) bond motifs is 1. The fourth-order valence-corrected chi connectivity index (χ4v) is 2.93. The quantitative estimate of drug-likeness (QED) is 0.695. The molecule has 0 spiro atoms. The summed E-state index contributed by atoms with van der Waals surface area (Å²) in [5, 5.41) is 0. The van der Waals surface area contributed by atoms with Gasteiger partial charge in [-0.1, -0.05) is 0 Å². The van der Waals surface area contributed by atoms with Gasteiger partial charge in [0.2, 0.25) is 0 Å². The topological polar surface area (TPSA) is 21.1 Å². The average Bonchev–Trinajstić information content (AvgIpc) is 2.83. The summed E-state index contributed by atoms with van der Waals surface area (Å²) in [5.74, 6) is 2.04. The number of imidazole rings is 1. The van der Waals surface area contributed by atoms with Crippen molar-refractivity contribution in [2.24, 2.45) is 0 Å². The molecule has 0 radical (unpaired) electrons. The lowest BCUT2D eigenvalue weighted by Crippen LogP contribution is -2.18. The molecule has 0 aromatic carbocycles. The Kier molecular flexibility index (Phi) is 2.28. The molecule has 0 N–H and O–H groups in total. The van der Waals surface area contributed by atoms with Crippen LogP contribution in [0.25, 0.3) is 0 Å². The summed E-state index contributed by atoms with van der Waals surface area (Å²) in [6.07, 6.45) is 7.30. The SMILES string of the molecule is CN1CCC(c2ncc3n2CCCC3)C1. The molecule has 1 fully saturated rings.